The van der Waals surface area contributed by atoms with E-state index in [-0.39, 0.29) is 17.9 Å². The van der Waals surface area contributed by atoms with Crippen LogP contribution in [0.2, 0.25) is 0 Å². The highest BCUT2D eigenvalue weighted by atomic mass is 19.4. The maximum Gasteiger partial charge on any atom is 0.453 e. The van der Waals surface area contributed by atoms with Crippen molar-refractivity contribution in [1.29, 1.82) is 0 Å². The Balaban J connectivity index is 2.14. The van der Waals surface area contributed by atoms with Crippen molar-refractivity contribution >= 4 is 5.91 Å². The minimum Gasteiger partial charge on any atom is -0.394 e. The fourth-order valence-electron chi connectivity index (χ4n) is 2.54. The fourth-order valence-corrected chi connectivity index (χ4v) is 2.54. The number of hydrogen-bond acceptors (Lipinski definition) is 6. The van der Waals surface area contributed by atoms with Crippen LogP contribution in [0.15, 0.2) is 36.5 Å². The number of alkyl halides is 3. The summed E-state index contributed by atoms with van der Waals surface area (Å²) in [7, 11) is 0. The number of benzene rings is 1. The predicted molar refractivity (Wildman–Crippen MR) is 96.1 cm³/mol. The zero-order valence-corrected chi connectivity index (χ0v) is 15.5. The van der Waals surface area contributed by atoms with Crippen LogP contribution in [0.5, 0.6) is 0 Å². The Labute approximate surface area is 163 Å². The van der Waals surface area contributed by atoms with Crippen LogP contribution in [0.4, 0.5) is 13.2 Å². The average molecular weight is 406 g/mol. The van der Waals surface area contributed by atoms with Crippen LogP contribution in [-0.4, -0.2) is 48.9 Å². The summed E-state index contributed by atoms with van der Waals surface area (Å²) in [5, 5.41) is 21.3. The lowest BCUT2D eigenvalue weighted by Crippen LogP contribution is -2.35. The summed E-state index contributed by atoms with van der Waals surface area (Å²) >= 11 is 0. The molecule has 0 aliphatic carbocycles. The number of rotatable bonds is 5. The zero-order chi connectivity index (χ0) is 21.2. The molecule has 0 aliphatic rings. The molecule has 2 N–H and O–H groups in total. The highest BCUT2D eigenvalue weighted by molar-refractivity contribution is 5.96. The van der Waals surface area contributed by atoms with E-state index < -0.39 is 23.9 Å². The molecule has 11 heteroatoms. The maximum atomic E-state index is 13.2. The number of halogens is 3. The van der Waals surface area contributed by atoms with Crippen LogP contribution in [0.1, 0.15) is 28.7 Å². The molecule has 2 heterocycles. The summed E-state index contributed by atoms with van der Waals surface area (Å²) in [6.45, 7) is 3.15. The Morgan fingerprint density at radius 1 is 1.28 bits per heavy atom. The monoisotopic (exact) mass is 406 g/mol. The van der Waals surface area contributed by atoms with Gasteiger partial charge < -0.3 is 10.4 Å². The van der Waals surface area contributed by atoms with Gasteiger partial charge in [0.1, 0.15) is 0 Å². The van der Waals surface area contributed by atoms with E-state index in [1.807, 2.05) is 6.92 Å². The Kier molecular flexibility index (Phi) is 5.59. The lowest BCUT2D eigenvalue weighted by molar-refractivity contribution is -0.146. The Morgan fingerprint density at radius 3 is 2.66 bits per heavy atom. The van der Waals surface area contributed by atoms with Gasteiger partial charge in [-0.25, -0.2) is 0 Å². The highest BCUT2D eigenvalue weighted by Crippen LogP contribution is 2.30. The van der Waals surface area contributed by atoms with Crippen molar-refractivity contribution in [1.82, 2.24) is 30.5 Å². The van der Waals surface area contributed by atoms with Crippen LogP contribution >= 0.6 is 0 Å². The first kappa shape index (κ1) is 20.4. The van der Waals surface area contributed by atoms with Gasteiger partial charge in [-0.15, -0.1) is 5.10 Å². The molecule has 152 valence electrons. The molecule has 0 saturated heterocycles. The van der Waals surface area contributed by atoms with Gasteiger partial charge in [0.25, 0.3) is 11.7 Å². The zero-order valence-electron chi connectivity index (χ0n) is 15.5. The molecule has 1 atom stereocenters. The van der Waals surface area contributed by atoms with Gasteiger partial charge in [-0.2, -0.15) is 17.9 Å². The number of aliphatic hydroxyl groups excluding tert-OH is 1. The number of nitrogens with one attached hydrogen (secondary N) is 1. The normalized spacial score (nSPS) is 12.6. The summed E-state index contributed by atoms with van der Waals surface area (Å²) in [5.41, 5.74) is 1.79. The van der Waals surface area contributed by atoms with Crippen LogP contribution in [0.3, 0.4) is 0 Å². The lowest BCUT2D eigenvalue weighted by atomic mass is 10.0. The number of carbonyl (C=O) groups excluding carboxylic acids is 1. The third-order valence-electron chi connectivity index (χ3n) is 4.01. The fraction of sp³-hybridized carbons (Fsp3) is 0.278. The maximum absolute atomic E-state index is 13.2. The van der Waals surface area contributed by atoms with Crippen molar-refractivity contribution in [2.45, 2.75) is 26.1 Å². The number of nitrogens with zero attached hydrogens (tertiary/aromatic N) is 5. The highest BCUT2D eigenvalue weighted by Gasteiger charge is 2.38. The van der Waals surface area contributed by atoms with E-state index in [1.54, 1.807) is 25.3 Å². The minimum atomic E-state index is -4.78. The lowest BCUT2D eigenvalue weighted by Gasteiger charge is -2.14. The van der Waals surface area contributed by atoms with Crippen LogP contribution in [-0.2, 0) is 6.18 Å². The third-order valence-corrected chi connectivity index (χ3v) is 4.01. The second-order valence-electron chi connectivity index (χ2n) is 6.46. The summed E-state index contributed by atoms with van der Waals surface area (Å²) in [6.07, 6.45) is -3.18. The molecule has 1 amide bonds. The van der Waals surface area contributed by atoms with Crippen molar-refractivity contribution in [2.75, 3.05) is 6.61 Å². The van der Waals surface area contributed by atoms with E-state index in [1.165, 1.54) is 18.2 Å². The van der Waals surface area contributed by atoms with E-state index >= 15 is 0 Å². The number of tetrazole rings is 1. The Morgan fingerprint density at radius 2 is 2.03 bits per heavy atom. The SMILES string of the molecule is Cc1ccc(-c2cc(C(=O)N[C@@H](C)CO)cc(-n3nnnc3C(F)(F)F)c2)nc1. The van der Waals surface area contributed by atoms with Gasteiger partial charge >= 0.3 is 6.18 Å². The molecule has 3 rings (SSSR count). The Hall–Kier alpha value is -3.34. The molecule has 0 spiro atoms. The summed E-state index contributed by atoms with van der Waals surface area (Å²) in [6, 6.07) is 7.10. The van der Waals surface area contributed by atoms with Gasteiger partial charge in [-0.05, 0) is 54.1 Å². The van der Waals surface area contributed by atoms with E-state index in [9.17, 15) is 18.0 Å². The van der Waals surface area contributed by atoms with Gasteiger partial charge in [0.05, 0.1) is 18.0 Å². The first-order valence-electron chi connectivity index (χ1n) is 8.55. The quantitative estimate of drug-likeness (QED) is 0.673. The van der Waals surface area contributed by atoms with E-state index in [4.69, 9.17) is 5.11 Å². The molecule has 1 aromatic carbocycles. The van der Waals surface area contributed by atoms with Crippen LogP contribution in [0, 0.1) is 6.92 Å². The second kappa shape index (κ2) is 7.95. The van der Waals surface area contributed by atoms with Gasteiger partial charge in [0, 0.05) is 23.4 Å². The molecule has 29 heavy (non-hydrogen) atoms. The number of aryl methyl sites for hydroxylation is 1. The molecule has 0 unspecified atom stereocenters. The molecule has 0 fully saturated rings. The van der Waals surface area contributed by atoms with E-state index in [0.717, 1.165) is 5.56 Å². The molecule has 2 aromatic heterocycles. The van der Waals surface area contributed by atoms with Crippen molar-refractivity contribution in [3.8, 4) is 16.9 Å². The molecular weight excluding hydrogens is 389 g/mol. The molecule has 8 nitrogen and oxygen atoms in total. The van der Waals surface area contributed by atoms with Gasteiger partial charge in [-0.3, -0.25) is 9.78 Å². The van der Waals surface area contributed by atoms with Crippen molar-refractivity contribution in [2.24, 2.45) is 0 Å². The molecule has 0 saturated carbocycles. The second-order valence-corrected chi connectivity index (χ2v) is 6.46. The number of amides is 1. The number of pyridine rings is 1. The van der Waals surface area contributed by atoms with Crippen molar-refractivity contribution in [3.63, 3.8) is 0 Å². The average Bonchev–Trinajstić information content (AvgIpc) is 3.18. The number of hydrogen-bond donors (Lipinski definition) is 2. The van der Waals surface area contributed by atoms with Crippen molar-refractivity contribution < 1.29 is 23.1 Å². The molecule has 0 bridgehead atoms. The molecule has 3 aromatic rings. The van der Waals surface area contributed by atoms with Gasteiger partial charge in [0.2, 0.25) is 0 Å². The topological polar surface area (TPSA) is 106 Å². The van der Waals surface area contributed by atoms with E-state index in [2.05, 4.69) is 25.8 Å². The number of carbonyl (C=O) groups is 1. The first-order valence-corrected chi connectivity index (χ1v) is 8.55. The first-order chi connectivity index (χ1) is 13.7. The van der Waals surface area contributed by atoms with Gasteiger partial charge in [0.15, 0.2) is 0 Å². The van der Waals surface area contributed by atoms with Crippen molar-refractivity contribution in [3.05, 3.63) is 53.5 Å². The van der Waals surface area contributed by atoms with Crippen LogP contribution < -0.4 is 5.32 Å². The largest absolute Gasteiger partial charge is 0.453 e. The minimum absolute atomic E-state index is 0.0519. The smallest absolute Gasteiger partial charge is 0.394 e. The Bertz CT molecular complexity index is 1020. The van der Waals surface area contributed by atoms with Crippen LogP contribution in [0.25, 0.3) is 16.9 Å². The standard InChI is InChI=1S/C18H17F3N6O2/c1-10-3-4-15(22-8-10)12-5-13(16(29)23-11(2)9-28)7-14(6-12)27-17(18(19,20)21)24-25-26-27/h3-8,11,28H,9H2,1-2H3,(H,23,29)/t11-/m0/s1. The molecule has 0 aliphatic heterocycles. The third kappa shape index (κ3) is 4.57. The summed E-state index contributed by atoms with van der Waals surface area (Å²) in [5.74, 6) is -1.88. The summed E-state index contributed by atoms with van der Waals surface area (Å²) in [4.78, 5) is 16.8. The number of aliphatic hydroxyl groups is 1. The van der Waals surface area contributed by atoms with Gasteiger partial charge in [-0.1, -0.05) is 6.07 Å². The predicted octanol–water partition coefficient (Wildman–Crippen LogP) is 2.16. The summed E-state index contributed by atoms with van der Waals surface area (Å²) < 4.78 is 40.2. The molecule has 0 radical (unpaired) electrons. The van der Waals surface area contributed by atoms with E-state index in [0.29, 0.717) is 15.9 Å². The molecular formula is C18H17F3N6O2. The number of aromatic nitrogens is 5.